The molecule has 5 nitrogen and oxygen atoms in total. The summed E-state index contributed by atoms with van der Waals surface area (Å²) in [4.78, 5) is 8.78. The number of nitrogens with zero attached hydrogens (tertiary/aromatic N) is 2. The van der Waals surface area contributed by atoms with Gasteiger partial charge in [-0.1, -0.05) is 6.92 Å². The van der Waals surface area contributed by atoms with E-state index in [1.807, 2.05) is 0 Å². The minimum Gasteiger partial charge on any atom is -0.376 e. The summed E-state index contributed by atoms with van der Waals surface area (Å²) in [7, 11) is 1.79. The Morgan fingerprint density at radius 1 is 1.52 bits per heavy atom. The molecule has 1 aromatic heterocycles. The maximum Gasteiger partial charge on any atom is 0.191 e. The predicted octanol–water partition coefficient (Wildman–Crippen LogP) is 2.21. The summed E-state index contributed by atoms with van der Waals surface area (Å²) in [5, 5.41) is 9.98. The van der Waals surface area contributed by atoms with Gasteiger partial charge in [-0.15, -0.1) is 35.3 Å². The minimum absolute atomic E-state index is 0. The highest BCUT2D eigenvalue weighted by Gasteiger charge is 2.15. The Hall–Kier alpha value is -0.410. The van der Waals surface area contributed by atoms with Crippen LogP contribution in [0.4, 0.5) is 0 Å². The van der Waals surface area contributed by atoms with Crippen molar-refractivity contribution in [2.75, 3.05) is 26.7 Å². The molecule has 120 valence electrons. The van der Waals surface area contributed by atoms with E-state index in [-0.39, 0.29) is 24.0 Å². The molecule has 0 radical (unpaired) electrons. The van der Waals surface area contributed by atoms with Crippen LogP contribution in [0.25, 0.3) is 0 Å². The van der Waals surface area contributed by atoms with Gasteiger partial charge in [0.05, 0.1) is 16.8 Å². The zero-order chi connectivity index (χ0) is 14.2. The largest absolute Gasteiger partial charge is 0.376 e. The van der Waals surface area contributed by atoms with Crippen LogP contribution in [-0.4, -0.2) is 43.8 Å². The summed E-state index contributed by atoms with van der Waals surface area (Å²) in [5.41, 5.74) is 1.16. The maximum atomic E-state index is 5.58. The summed E-state index contributed by atoms with van der Waals surface area (Å²) in [6.45, 7) is 4.70. The van der Waals surface area contributed by atoms with Crippen LogP contribution in [0.1, 0.15) is 30.5 Å². The van der Waals surface area contributed by atoms with Crippen molar-refractivity contribution in [2.24, 2.45) is 4.99 Å². The molecular weight excluding hydrogens is 399 g/mol. The van der Waals surface area contributed by atoms with Crippen LogP contribution in [-0.2, 0) is 17.6 Å². The molecule has 1 fully saturated rings. The predicted molar refractivity (Wildman–Crippen MR) is 98.9 cm³/mol. The summed E-state index contributed by atoms with van der Waals surface area (Å²) in [6.07, 6.45) is 4.59. The number of halogens is 1. The van der Waals surface area contributed by atoms with Crippen molar-refractivity contribution < 1.29 is 4.74 Å². The Morgan fingerprint density at radius 3 is 3.00 bits per heavy atom. The van der Waals surface area contributed by atoms with Gasteiger partial charge in [-0.2, -0.15) is 0 Å². The number of rotatable bonds is 6. The molecule has 1 unspecified atom stereocenters. The van der Waals surface area contributed by atoms with Crippen LogP contribution in [0.2, 0.25) is 0 Å². The molecule has 7 heteroatoms. The molecule has 1 aromatic rings. The van der Waals surface area contributed by atoms with Crippen molar-refractivity contribution >= 4 is 41.3 Å². The number of aryl methyl sites for hydroxylation is 1. The number of aromatic nitrogens is 1. The minimum atomic E-state index is 0. The second-order valence-electron chi connectivity index (χ2n) is 4.85. The molecule has 2 rings (SSSR count). The molecule has 1 saturated heterocycles. The van der Waals surface area contributed by atoms with E-state index >= 15 is 0 Å². The maximum absolute atomic E-state index is 5.58. The molecule has 0 amide bonds. The highest BCUT2D eigenvalue weighted by molar-refractivity contribution is 14.0. The molecule has 0 bridgehead atoms. The second-order valence-corrected chi connectivity index (χ2v) is 5.79. The summed E-state index contributed by atoms with van der Waals surface area (Å²) in [6, 6.07) is 0. The summed E-state index contributed by atoms with van der Waals surface area (Å²) < 4.78 is 5.58. The Balaban J connectivity index is 0.00000220. The van der Waals surface area contributed by atoms with Crippen molar-refractivity contribution in [3.63, 3.8) is 0 Å². The van der Waals surface area contributed by atoms with Crippen molar-refractivity contribution in [3.05, 3.63) is 16.1 Å². The van der Waals surface area contributed by atoms with Gasteiger partial charge in [-0.25, -0.2) is 4.98 Å². The van der Waals surface area contributed by atoms with Crippen molar-refractivity contribution in [3.8, 4) is 0 Å². The number of thiazole rings is 1. The molecular formula is C14H25IN4OS. The van der Waals surface area contributed by atoms with E-state index in [0.29, 0.717) is 6.10 Å². The van der Waals surface area contributed by atoms with E-state index in [4.69, 9.17) is 4.74 Å². The third kappa shape index (κ3) is 6.48. The van der Waals surface area contributed by atoms with E-state index in [9.17, 15) is 0 Å². The van der Waals surface area contributed by atoms with Gasteiger partial charge < -0.3 is 15.4 Å². The highest BCUT2D eigenvalue weighted by Crippen LogP contribution is 2.11. The first-order valence-electron chi connectivity index (χ1n) is 7.31. The second kappa shape index (κ2) is 10.3. The van der Waals surface area contributed by atoms with Crippen LogP contribution < -0.4 is 10.6 Å². The standard InChI is InChI=1S/C14H24N4OS.HI/c1-3-13-18-11(10-20-13)6-7-16-14(15-2)17-9-12-5-4-8-19-12;/h10,12H,3-9H2,1-2H3,(H2,15,16,17);1H. The molecule has 0 saturated carbocycles. The average molecular weight is 424 g/mol. The normalized spacial score (nSPS) is 18.4. The molecule has 21 heavy (non-hydrogen) atoms. The topological polar surface area (TPSA) is 58.5 Å². The molecule has 1 aliphatic rings. The quantitative estimate of drug-likeness (QED) is 0.418. The Bertz CT molecular complexity index is 432. The molecule has 1 aliphatic heterocycles. The Morgan fingerprint density at radius 2 is 2.38 bits per heavy atom. The fourth-order valence-electron chi connectivity index (χ4n) is 2.17. The molecule has 0 aliphatic carbocycles. The Kier molecular flexibility index (Phi) is 9.18. The third-order valence-corrected chi connectivity index (χ3v) is 4.36. The number of aliphatic imine (C=N–C) groups is 1. The molecule has 0 spiro atoms. The first-order valence-corrected chi connectivity index (χ1v) is 8.19. The SMILES string of the molecule is CCc1nc(CCNC(=NC)NCC2CCCO2)cs1.I. The van der Waals surface area contributed by atoms with Gasteiger partial charge in [-0.3, -0.25) is 4.99 Å². The van der Waals surface area contributed by atoms with Crippen molar-refractivity contribution in [1.82, 2.24) is 15.6 Å². The number of hydrogen-bond acceptors (Lipinski definition) is 4. The van der Waals surface area contributed by atoms with E-state index in [2.05, 4.69) is 32.9 Å². The van der Waals surface area contributed by atoms with Crippen molar-refractivity contribution in [2.45, 2.75) is 38.7 Å². The van der Waals surface area contributed by atoms with Crippen LogP contribution in [0.5, 0.6) is 0 Å². The van der Waals surface area contributed by atoms with E-state index in [1.165, 1.54) is 11.4 Å². The molecule has 1 atom stereocenters. The number of nitrogens with one attached hydrogen (secondary N) is 2. The summed E-state index contributed by atoms with van der Waals surface area (Å²) >= 11 is 1.74. The lowest BCUT2D eigenvalue weighted by molar-refractivity contribution is 0.114. The van der Waals surface area contributed by atoms with Gasteiger partial charge in [0.2, 0.25) is 0 Å². The smallest absolute Gasteiger partial charge is 0.191 e. The molecule has 0 aromatic carbocycles. The lowest BCUT2D eigenvalue weighted by atomic mass is 10.2. The van der Waals surface area contributed by atoms with Crippen LogP contribution in [0.15, 0.2) is 10.4 Å². The Labute approximate surface area is 148 Å². The average Bonchev–Trinajstić information content (AvgIpc) is 3.13. The van der Waals surface area contributed by atoms with Gasteiger partial charge in [-0.05, 0) is 19.3 Å². The number of ether oxygens (including phenoxy) is 1. The van der Waals surface area contributed by atoms with E-state index < -0.39 is 0 Å². The summed E-state index contributed by atoms with van der Waals surface area (Å²) in [5.74, 6) is 0.839. The van der Waals surface area contributed by atoms with Gasteiger partial charge in [0.25, 0.3) is 0 Å². The monoisotopic (exact) mass is 424 g/mol. The van der Waals surface area contributed by atoms with Gasteiger partial charge in [0, 0.05) is 38.5 Å². The van der Waals surface area contributed by atoms with E-state index in [0.717, 1.165) is 50.6 Å². The van der Waals surface area contributed by atoms with Crippen LogP contribution in [0.3, 0.4) is 0 Å². The molecule has 2 N–H and O–H groups in total. The third-order valence-electron chi connectivity index (χ3n) is 3.32. The van der Waals surface area contributed by atoms with Crippen molar-refractivity contribution in [1.29, 1.82) is 0 Å². The fourth-order valence-corrected chi connectivity index (χ4v) is 2.95. The fraction of sp³-hybridized carbons (Fsp3) is 0.714. The highest BCUT2D eigenvalue weighted by atomic mass is 127. The number of guanidine groups is 1. The lowest BCUT2D eigenvalue weighted by Gasteiger charge is -2.14. The van der Waals surface area contributed by atoms with E-state index in [1.54, 1.807) is 18.4 Å². The van der Waals surface area contributed by atoms with Gasteiger partial charge in [0.1, 0.15) is 0 Å². The lowest BCUT2D eigenvalue weighted by Crippen LogP contribution is -2.41. The van der Waals surface area contributed by atoms with Gasteiger partial charge in [0.15, 0.2) is 5.96 Å². The zero-order valence-corrected chi connectivity index (χ0v) is 15.9. The first kappa shape index (κ1) is 18.6. The zero-order valence-electron chi connectivity index (χ0n) is 12.7. The van der Waals surface area contributed by atoms with Crippen LogP contribution in [0, 0.1) is 0 Å². The molecule has 2 heterocycles. The number of hydrogen-bond donors (Lipinski definition) is 2. The van der Waals surface area contributed by atoms with Crippen LogP contribution >= 0.6 is 35.3 Å². The first-order chi connectivity index (χ1) is 9.81. The van der Waals surface area contributed by atoms with Gasteiger partial charge >= 0.3 is 0 Å².